The van der Waals surface area contributed by atoms with Gasteiger partial charge in [-0.3, -0.25) is 0 Å². The van der Waals surface area contributed by atoms with Crippen LogP contribution in [0.15, 0.2) is 24.4 Å². The van der Waals surface area contributed by atoms with Crippen LogP contribution in [0.3, 0.4) is 0 Å². The average molecular weight is 258 g/mol. The molecule has 2 aromatic rings. The summed E-state index contributed by atoms with van der Waals surface area (Å²) in [5, 5.41) is 5.21. The van der Waals surface area contributed by atoms with Gasteiger partial charge in [-0.15, -0.1) is 0 Å². The first-order valence-electron chi connectivity index (χ1n) is 6.46. The first kappa shape index (κ1) is 10.9. The second-order valence-corrected chi connectivity index (χ2v) is 4.73. The van der Waals surface area contributed by atoms with Gasteiger partial charge in [-0.05, 0) is 23.6 Å². The third-order valence-electron chi connectivity index (χ3n) is 3.41. The van der Waals surface area contributed by atoms with E-state index in [-0.39, 0.29) is 6.10 Å². The molecule has 98 valence electrons. The van der Waals surface area contributed by atoms with E-state index in [2.05, 4.69) is 10.3 Å². The molecule has 0 atom stereocenters. The highest BCUT2D eigenvalue weighted by Crippen LogP contribution is 2.37. The molecule has 1 aromatic carbocycles. The maximum absolute atomic E-state index is 5.88. The third kappa shape index (κ3) is 1.86. The Morgan fingerprint density at radius 3 is 2.68 bits per heavy atom. The summed E-state index contributed by atoms with van der Waals surface area (Å²) in [6.07, 6.45) is 1.98. The number of benzene rings is 1. The minimum atomic E-state index is 0.214. The van der Waals surface area contributed by atoms with Gasteiger partial charge in [0.05, 0.1) is 0 Å². The van der Waals surface area contributed by atoms with Crippen LogP contribution < -0.4 is 19.5 Å². The lowest BCUT2D eigenvalue weighted by Gasteiger charge is -2.27. The second kappa shape index (κ2) is 4.28. The van der Waals surface area contributed by atoms with E-state index < -0.39 is 0 Å². The maximum atomic E-state index is 5.88. The monoisotopic (exact) mass is 258 g/mol. The van der Waals surface area contributed by atoms with Crippen molar-refractivity contribution in [1.29, 1.82) is 0 Å². The summed E-state index contributed by atoms with van der Waals surface area (Å²) in [5.41, 5.74) is 0. The number of ether oxygens (including phenoxy) is 3. The Labute approximate surface area is 110 Å². The predicted molar refractivity (Wildman–Crippen MR) is 70.0 cm³/mol. The van der Waals surface area contributed by atoms with Crippen LogP contribution in [0, 0.1) is 0 Å². The molecule has 1 fully saturated rings. The first-order valence-corrected chi connectivity index (χ1v) is 6.46. The lowest BCUT2D eigenvalue weighted by Crippen LogP contribution is -2.50. The van der Waals surface area contributed by atoms with Crippen LogP contribution in [-0.2, 0) is 0 Å². The van der Waals surface area contributed by atoms with Gasteiger partial charge in [-0.1, -0.05) is 0 Å². The number of hydrogen-bond donors (Lipinski definition) is 1. The number of nitrogens with zero attached hydrogens (tertiary/aromatic N) is 1. The molecule has 0 bridgehead atoms. The van der Waals surface area contributed by atoms with Crippen molar-refractivity contribution < 1.29 is 14.2 Å². The van der Waals surface area contributed by atoms with Crippen LogP contribution in [0.25, 0.3) is 10.8 Å². The molecular formula is C14H14N2O3. The van der Waals surface area contributed by atoms with E-state index in [4.69, 9.17) is 14.2 Å². The fourth-order valence-electron chi connectivity index (χ4n) is 2.28. The average Bonchev–Trinajstić information content (AvgIpc) is 2.40. The minimum Gasteiger partial charge on any atom is -0.486 e. The van der Waals surface area contributed by atoms with Gasteiger partial charge < -0.3 is 19.5 Å². The molecule has 19 heavy (non-hydrogen) atoms. The SMILES string of the molecule is c1cc2cc3c(cc2c(OC2CNC2)n1)OCCO3. The smallest absolute Gasteiger partial charge is 0.221 e. The molecule has 5 nitrogen and oxygen atoms in total. The summed E-state index contributed by atoms with van der Waals surface area (Å²) >= 11 is 0. The van der Waals surface area contributed by atoms with E-state index in [9.17, 15) is 0 Å². The van der Waals surface area contributed by atoms with Crippen molar-refractivity contribution in [3.63, 3.8) is 0 Å². The highest BCUT2D eigenvalue weighted by Gasteiger charge is 2.21. The van der Waals surface area contributed by atoms with Crippen molar-refractivity contribution in [1.82, 2.24) is 10.3 Å². The first-order chi connectivity index (χ1) is 9.40. The van der Waals surface area contributed by atoms with Crippen molar-refractivity contribution in [3.05, 3.63) is 24.4 Å². The standard InChI is InChI=1S/C14H14N2O3/c1-2-16-14(19-10-7-15-8-10)11-6-13-12(5-9(1)11)17-3-4-18-13/h1-2,5-6,10,15H,3-4,7-8H2. The second-order valence-electron chi connectivity index (χ2n) is 4.73. The molecular weight excluding hydrogens is 244 g/mol. The van der Waals surface area contributed by atoms with Gasteiger partial charge in [0.25, 0.3) is 0 Å². The van der Waals surface area contributed by atoms with E-state index >= 15 is 0 Å². The van der Waals surface area contributed by atoms with E-state index in [1.165, 1.54) is 0 Å². The lowest BCUT2D eigenvalue weighted by molar-refractivity contribution is 0.138. The largest absolute Gasteiger partial charge is 0.486 e. The molecule has 3 heterocycles. The van der Waals surface area contributed by atoms with Gasteiger partial charge in [-0.25, -0.2) is 4.98 Å². The Bertz CT molecular complexity index is 625. The molecule has 0 amide bonds. The number of aromatic nitrogens is 1. The Hall–Kier alpha value is -2.01. The quantitative estimate of drug-likeness (QED) is 0.881. The summed E-state index contributed by atoms with van der Waals surface area (Å²) in [5.74, 6) is 2.23. The Morgan fingerprint density at radius 1 is 1.16 bits per heavy atom. The van der Waals surface area contributed by atoms with Crippen molar-refractivity contribution in [2.75, 3.05) is 26.3 Å². The highest BCUT2D eigenvalue weighted by molar-refractivity contribution is 5.90. The summed E-state index contributed by atoms with van der Waals surface area (Å²) in [6.45, 7) is 2.94. The minimum absolute atomic E-state index is 0.214. The fraction of sp³-hybridized carbons (Fsp3) is 0.357. The zero-order chi connectivity index (χ0) is 12.7. The zero-order valence-corrected chi connectivity index (χ0v) is 10.4. The van der Waals surface area contributed by atoms with Crippen molar-refractivity contribution in [2.45, 2.75) is 6.10 Å². The highest BCUT2D eigenvalue weighted by atomic mass is 16.6. The molecule has 0 radical (unpaired) electrons. The number of nitrogens with one attached hydrogen (secondary N) is 1. The van der Waals surface area contributed by atoms with Crippen LogP contribution in [0.4, 0.5) is 0 Å². The van der Waals surface area contributed by atoms with Crippen molar-refractivity contribution in [3.8, 4) is 17.4 Å². The van der Waals surface area contributed by atoms with Gasteiger partial charge in [0, 0.05) is 24.7 Å². The topological polar surface area (TPSA) is 52.6 Å². The van der Waals surface area contributed by atoms with Crippen LogP contribution >= 0.6 is 0 Å². The molecule has 1 N–H and O–H groups in total. The van der Waals surface area contributed by atoms with Gasteiger partial charge in [0.2, 0.25) is 5.88 Å². The van der Waals surface area contributed by atoms with Gasteiger partial charge in [-0.2, -0.15) is 0 Å². The summed E-state index contributed by atoms with van der Waals surface area (Å²) in [6, 6.07) is 5.90. The van der Waals surface area contributed by atoms with Crippen molar-refractivity contribution >= 4 is 10.8 Å². The van der Waals surface area contributed by atoms with Gasteiger partial charge in [0.1, 0.15) is 19.3 Å². The predicted octanol–water partition coefficient (Wildman–Crippen LogP) is 1.36. The molecule has 0 unspecified atom stereocenters. The van der Waals surface area contributed by atoms with Crippen LogP contribution in [0.5, 0.6) is 17.4 Å². The molecule has 0 spiro atoms. The number of fused-ring (bicyclic) bond motifs is 2. The third-order valence-corrected chi connectivity index (χ3v) is 3.41. The fourth-order valence-corrected chi connectivity index (χ4v) is 2.28. The summed E-state index contributed by atoms with van der Waals surface area (Å²) in [4.78, 5) is 4.33. The molecule has 2 aliphatic rings. The zero-order valence-electron chi connectivity index (χ0n) is 10.4. The number of hydrogen-bond acceptors (Lipinski definition) is 5. The Balaban J connectivity index is 1.79. The van der Waals surface area contributed by atoms with Crippen LogP contribution in [-0.4, -0.2) is 37.4 Å². The Kier molecular flexibility index (Phi) is 2.45. The van der Waals surface area contributed by atoms with Crippen LogP contribution in [0.1, 0.15) is 0 Å². The van der Waals surface area contributed by atoms with Gasteiger partial charge >= 0.3 is 0 Å². The normalized spacial score (nSPS) is 18.1. The lowest BCUT2D eigenvalue weighted by atomic mass is 10.1. The number of pyridine rings is 1. The molecule has 5 heteroatoms. The van der Waals surface area contributed by atoms with Gasteiger partial charge in [0.15, 0.2) is 11.5 Å². The molecule has 0 aliphatic carbocycles. The summed E-state index contributed by atoms with van der Waals surface area (Å²) in [7, 11) is 0. The van der Waals surface area contributed by atoms with E-state index in [0.717, 1.165) is 35.4 Å². The maximum Gasteiger partial charge on any atom is 0.221 e. The number of rotatable bonds is 2. The summed E-state index contributed by atoms with van der Waals surface area (Å²) < 4.78 is 17.1. The van der Waals surface area contributed by atoms with Crippen molar-refractivity contribution in [2.24, 2.45) is 0 Å². The van der Waals surface area contributed by atoms with E-state index in [0.29, 0.717) is 19.1 Å². The molecule has 0 saturated carbocycles. The van der Waals surface area contributed by atoms with E-state index in [1.807, 2.05) is 18.2 Å². The Morgan fingerprint density at radius 2 is 1.95 bits per heavy atom. The molecule has 2 aliphatic heterocycles. The van der Waals surface area contributed by atoms with E-state index in [1.54, 1.807) is 6.20 Å². The molecule has 1 saturated heterocycles. The van der Waals surface area contributed by atoms with Crippen LogP contribution in [0.2, 0.25) is 0 Å². The molecule has 4 rings (SSSR count). The molecule has 1 aromatic heterocycles.